The Morgan fingerprint density at radius 3 is 2.23 bits per heavy atom. The summed E-state index contributed by atoms with van der Waals surface area (Å²) in [5.74, 6) is 3.77. The molecule has 0 aliphatic heterocycles. The van der Waals surface area contributed by atoms with Crippen molar-refractivity contribution in [1.29, 1.82) is 0 Å². The molecule has 0 amide bonds. The Labute approximate surface area is 221 Å². The molecule has 1 heteroatoms. The van der Waals surface area contributed by atoms with Crippen molar-refractivity contribution in [1.82, 2.24) is 4.90 Å². The van der Waals surface area contributed by atoms with Crippen molar-refractivity contribution in [2.24, 2.45) is 29.6 Å². The number of allylic oxidation sites excluding steroid dienone is 7. The van der Waals surface area contributed by atoms with Crippen molar-refractivity contribution < 1.29 is 0 Å². The molecule has 3 unspecified atom stereocenters. The molecule has 1 rings (SSSR count). The molecule has 1 aliphatic rings. The topological polar surface area (TPSA) is 3.24 Å². The number of rotatable bonds is 19. The van der Waals surface area contributed by atoms with E-state index in [1.807, 2.05) is 0 Å². The van der Waals surface area contributed by atoms with Crippen molar-refractivity contribution in [3.63, 3.8) is 0 Å². The highest BCUT2D eigenvalue weighted by atomic mass is 15.1. The van der Waals surface area contributed by atoms with Crippen molar-refractivity contribution in [2.45, 2.75) is 126 Å². The van der Waals surface area contributed by atoms with E-state index in [9.17, 15) is 0 Å². The fourth-order valence-electron chi connectivity index (χ4n) is 5.17. The van der Waals surface area contributed by atoms with Crippen LogP contribution >= 0.6 is 0 Å². The van der Waals surface area contributed by atoms with Gasteiger partial charge < -0.3 is 4.90 Å². The van der Waals surface area contributed by atoms with Crippen LogP contribution in [0.3, 0.4) is 0 Å². The maximum Gasteiger partial charge on any atom is 0.0171 e. The Morgan fingerprint density at radius 2 is 1.66 bits per heavy atom. The summed E-state index contributed by atoms with van der Waals surface area (Å²) in [6.07, 6.45) is 26.2. The van der Waals surface area contributed by atoms with E-state index < -0.39 is 0 Å². The second-order valence-electron chi connectivity index (χ2n) is 12.2. The lowest BCUT2D eigenvalue weighted by molar-refractivity contribution is 0.287. The van der Waals surface area contributed by atoms with Gasteiger partial charge in [-0.15, -0.1) is 0 Å². The molecule has 3 atom stereocenters. The SMILES string of the molecule is CC=CC=C(C)CC(CCC(CCN(C)C=CC(CCCCCC)C(C)C(C)C)C(C)C)=C1CC1. The molecule has 1 fully saturated rings. The number of unbranched alkanes of at least 4 members (excludes halogenated alkanes) is 3. The van der Waals surface area contributed by atoms with E-state index >= 15 is 0 Å². The molecule has 0 heterocycles. The second kappa shape index (κ2) is 18.1. The van der Waals surface area contributed by atoms with E-state index in [1.54, 1.807) is 11.1 Å². The van der Waals surface area contributed by atoms with Crippen LogP contribution in [0.1, 0.15) is 126 Å². The molecule has 0 N–H and O–H groups in total. The second-order valence-corrected chi connectivity index (χ2v) is 12.2. The van der Waals surface area contributed by atoms with Crippen molar-refractivity contribution in [3.8, 4) is 0 Å². The predicted molar refractivity (Wildman–Crippen MR) is 160 cm³/mol. The number of hydrogen-bond donors (Lipinski definition) is 0. The number of hydrogen-bond acceptors (Lipinski definition) is 1. The van der Waals surface area contributed by atoms with E-state index in [0.29, 0.717) is 5.92 Å². The van der Waals surface area contributed by atoms with Crippen LogP contribution in [0.25, 0.3) is 0 Å². The minimum absolute atomic E-state index is 0.710. The fraction of sp³-hybridized carbons (Fsp3) is 0.765. The maximum absolute atomic E-state index is 2.54. The van der Waals surface area contributed by atoms with Gasteiger partial charge in [0.15, 0.2) is 0 Å². The van der Waals surface area contributed by atoms with Crippen LogP contribution < -0.4 is 0 Å². The van der Waals surface area contributed by atoms with Crippen LogP contribution in [0, 0.1) is 29.6 Å². The molecule has 35 heavy (non-hydrogen) atoms. The lowest BCUT2D eigenvalue weighted by Crippen LogP contribution is -2.21. The van der Waals surface area contributed by atoms with Gasteiger partial charge in [0, 0.05) is 13.6 Å². The van der Waals surface area contributed by atoms with Crippen LogP contribution in [-0.2, 0) is 0 Å². The zero-order valence-electron chi connectivity index (χ0n) is 25.2. The number of nitrogens with zero attached hydrogens (tertiary/aromatic N) is 1. The van der Waals surface area contributed by atoms with Crippen LogP contribution in [0.5, 0.6) is 0 Å². The lowest BCUT2D eigenvalue weighted by atomic mass is 9.81. The van der Waals surface area contributed by atoms with Gasteiger partial charge in [0.25, 0.3) is 0 Å². The van der Waals surface area contributed by atoms with E-state index in [2.05, 4.69) is 97.8 Å². The van der Waals surface area contributed by atoms with Gasteiger partial charge in [-0.2, -0.15) is 0 Å². The smallest absolute Gasteiger partial charge is 0.0171 e. The van der Waals surface area contributed by atoms with E-state index in [1.165, 1.54) is 82.7 Å². The summed E-state index contributed by atoms with van der Waals surface area (Å²) in [6.45, 7) is 20.0. The van der Waals surface area contributed by atoms with Gasteiger partial charge >= 0.3 is 0 Å². The highest BCUT2D eigenvalue weighted by molar-refractivity contribution is 5.29. The van der Waals surface area contributed by atoms with Gasteiger partial charge in [-0.3, -0.25) is 0 Å². The first-order valence-electron chi connectivity index (χ1n) is 15.1. The average Bonchev–Trinajstić information content (AvgIpc) is 3.66. The summed E-state index contributed by atoms with van der Waals surface area (Å²) < 4.78 is 0. The molecule has 0 aromatic heterocycles. The molecular formula is C34H61N. The highest BCUT2D eigenvalue weighted by Crippen LogP contribution is 2.38. The molecule has 0 bridgehead atoms. The average molecular weight is 484 g/mol. The Morgan fingerprint density at radius 1 is 0.943 bits per heavy atom. The van der Waals surface area contributed by atoms with E-state index in [-0.39, 0.29) is 0 Å². The summed E-state index contributed by atoms with van der Waals surface area (Å²) in [7, 11) is 2.29. The largest absolute Gasteiger partial charge is 0.381 e. The minimum Gasteiger partial charge on any atom is -0.381 e. The van der Waals surface area contributed by atoms with Crippen LogP contribution in [-0.4, -0.2) is 18.5 Å². The first-order valence-corrected chi connectivity index (χ1v) is 15.1. The first kappa shape index (κ1) is 31.8. The zero-order chi connectivity index (χ0) is 26.2. The van der Waals surface area contributed by atoms with Gasteiger partial charge in [0.2, 0.25) is 0 Å². The third-order valence-corrected chi connectivity index (χ3v) is 8.38. The normalized spacial score (nSPS) is 17.1. The molecule has 1 saturated carbocycles. The zero-order valence-corrected chi connectivity index (χ0v) is 25.2. The maximum atomic E-state index is 2.54. The Balaban J connectivity index is 2.62. The molecule has 1 aliphatic carbocycles. The Bertz CT molecular complexity index is 669. The summed E-state index contributed by atoms with van der Waals surface area (Å²) >= 11 is 0. The molecule has 202 valence electrons. The van der Waals surface area contributed by atoms with Crippen molar-refractivity contribution >= 4 is 0 Å². The minimum atomic E-state index is 0.710. The summed E-state index contributed by atoms with van der Waals surface area (Å²) in [5, 5.41) is 0. The molecule has 0 aromatic carbocycles. The van der Waals surface area contributed by atoms with Gasteiger partial charge in [0.05, 0.1) is 0 Å². The van der Waals surface area contributed by atoms with Crippen LogP contribution in [0.15, 0.2) is 47.2 Å². The summed E-state index contributed by atoms with van der Waals surface area (Å²) in [4.78, 5) is 2.46. The summed E-state index contributed by atoms with van der Waals surface area (Å²) in [5.41, 5.74) is 5.00. The quantitative estimate of drug-likeness (QED) is 0.100. The molecule has 0 aromatic rings. The Hall–Kier alpha value is -1.24. The lowest BCUT2D eigenvalue weighted by Gasteiger charge is -2.27. The highest BCUT2D eigenvalue weighted by Gasteiger charge is 2.21. The molecule has 0 saturated heterocycles. The van der Waals surface area contributed by atoms with Gasteiger partial charge in [-0.1, -0.05) is 108 Å². The van der Waals surface area contributed by atoms with E-state index in [0.717, 1.165) is 23.7 Å². The third kappa shape index (κ3) is 14.2. The molecule has 1 nitrogen and oxygen atoms in total. The van der Waals surface area contributed by atoms with Crippen LogP contribution in [0.4, 0.5) is 0 Å². The van der Waals surface area contributed by atoms with Gasteiger partial charge in [0.1, 0.15) is 0 Å². The Kier molecular flexibility index (Phi) is 16.4. The van der Waals surface area contributed by atoms with E-state index in [4.69, 9.17) is 0 Å². The third-order valence-electron chi connectivity index (χ3n) is 8.38. The van der Waals surface area contributed by atoms with Crippen LogP contribution in [0.2, 0.25) is 0 Å². The molecule has 0 radical (unpaired) electrons. The predicted octanol–water partition coefficient (Wildman–Crippen LogP) is 10.8. The fourth-order valence-corrected chi connectivity index (χ4v) is 5.17. The summed E-state index contributed by atoms with van der Waals surface area (Å²) in [6, 6.07) is 0. The molecular weight excluding hydrogens is 422 g/mol. The van der Waals surface area contributed by atoms with Gasteiger partial charge in [-0.05, 0) is 94.6 Å². The van der Waals surface area contributed by atoms with Gasteiger partial charge in [-0.25, -0.2) is 0 Å². The standard InChI is InChI=1S/C34H61N/c1-10-12-14-15-17-32(30(8)27(3)4)23-25-35(9)24-22-31(28(5)6)18-21-34(33-19-20-33)26-29(7)16-13-11-2/h11,13,16,23,25,27-28,30-32H,10,12,14-15,17-22,24,26H2,1-9H3. The monoisotopic (exact) mass is 483 g/mol. The van der Waals surface area contributed by atoms with Crippen molar-refractivity contribution in [3.05, 3.63) is 47.2 Å². The molecule has 0 spiro atoms. The first-order chi connectivity index (χ1) is 16.7. The van der Waals surface area contributed by atoms with Crippen molar-refractivity contribution in [2.75, 3.05) is 13.6 Å².